The number of nitrogens with zero attached hydrogens (tertiary/aromatic N) is 4. The molecule has 2 aromatic rings. The van der Waals surface area contributed by atoms with E-state index in [1.165, 1.54) is 23.1 Å². The molecule has 0 saturated carbocycles. The molecule has 6 nitrogen and oxygen atoms in total. The fraction of sp³-hybridized carbons (Fsp3) is 0. The highest BCUT2D eigenvalue weighted by atomic mass is 32.2. The van der Waals surface area contributed by atoms with Gasteiger partial charge in [-0.25, -0.2) is 15.8 Å². The predicted molar refractivity (Wildman–Crippen MR) is 53.9 cm³/mol. The smallest absolute Gasteiger partial charge is 0.238 e. The Kier molecular flexibility index (Phi) is 2.87. The number of nitrogens with one attached hydrogen (secondary N) is 1. The van der Waals surface area contributed by atoms with Gasteiger partial charge in [0.2, 0.25) is 5.95 Å². The van der Waals surface area contributed by atoms with E-state index in [0.717, 1.165) is 9.37 Å². The van der Waals surface area contributed by atoms with Crippen molar-refractivity contribution in [2.24, 2.45) is 5.84 Å². The summed E-state index contributed by atoms with van der Waals surface area (Å²) in [6, 6.07) is 1.78. The Bertz CT molecular complexity index is 402. The molecule has 2 aromatic heterocycles. The van der Waals surface area contributed by atoms with E-state index in [9.17, 15) is 0 Å². The maximum Gasteiger partial charge on any atom is 0.238 e. The molecule has 0 unspecified atom stereocenters. The molecular weight excluding hydrogens is 220 g/mol. The van der Waals surface area contributed by atoms with E-state index in [0.29, 0.717) is 5.95 Å². The van der Waals surface area contributed by atoms with Crippen LogP contribution in [0.3, 0.4) is 0 Å². The first-order valence-electron chi connectivity index (χ1n) is 3.62. The molecule has 2 rings (SSSR count). The number of hydrogen-bond acceptors (Lipinski definition) is 8. The summed E-state index contributed by atoms with van der Waals surface area (Å²) in [6.45, 7) is 0. The second kappa shape index (κ2) is 4.31. The first-order valence-corrected chi connectivity index (χ1v) is 5.32. The van der Waals surface area contributed by atoms with Crippen LogP contribution in [0.25, 0.3) is 0 Å². The molecule has 0 radical (unpaired) electrons. The number of hydrogen-bond donors (Lipinski definition) is 2. The highest BCUT2D eigenvalue weighted by Crippen LogP contribution is 2.26. The van der Waals surface area contributed by atoms with E-state index >= 15 is 0 Å². The number of anilines is 1. The number of nitrogens with two attached hydrogens (primary N) is 1. The molecule has 0 aliphatic carbocycles. The normalized spacial score (nSPS) is 10.1. The van der Waals surface area contributed by atoms with Crippen LogP contribution in [0.2, 0.25) is 0 Å². The standard InChI is InChI=1S/C6H6N6S2/c7-11-5-8-2-1-4(10-5)14-6-12-9-3-13-6/h1-3H,7H2,(H,8,10,11). The summed E-state index contributed by atoms with van der Waals surface area (Å²) >= 11 is 2.88. The molecule has 3 N–H and O–H groups in total. The molecule has 2 heterocycles. The maximum absolute atomic E-state index is 5.18. The van der Waals surface area contributed by atoms with Gasteiger partial charge in [-0.3, -0.25) is 5.43 Å². The van der Waals surface area contributed by atoms with Gasteiger partial charge in [0.05, 0.1) is 0 Å². The third-order valence-electron chi connectivity index (χ3n) is 1.29. The van der Waals surface area contributed by atoms with E-state index in [-0.39, 0.29) is 0 Å². The molecule has 0 saturated heterocycles. The molecular formula is C6H6N6S2. The minimum absolute atomic E-state index is 0.388. The summed E-state index contributed by atoms with van der Waals surface area (Å²) in [6.07, 6.45) is 1.63. The lowest BCUT2D eigenvalue weighted by molar-refractivity contribution is 0.996. The van der Waals surface area contributed by atoms with Gasteiger partial charge < -0.3 is 0 Å². The van der Waals surface area contributed by atoms with Crippen molar-refractivity contribution in [3.8, 4) is 0 Å². The Balaban J connectivity index is 2.17. The first kappa shape index (κ1) is 9.31. The largest absolute Gasteiger partial charge is 0.292 e. The number of rotatable bonds is 3. The molecule has 14 heavy (non-hydrogen) atoms. The van der Waals surface area contributed by atoms with Crippen molar-refractivity contribution in [3.05, 3.63) is 17.8 Å². The first-order chi connectivity index (χ1) is 6.88. The van der Waals surface area contributed by atoms with E-state index in [1.54, 1.807) is 17.8 Å². The van der Waals surface area contributed by atoms with Crippen LogP contribution >= 0.6 is 23.1 Å². The minimum atomic E-state index is 0.388. The van der Waals surface area contributed by atoms with Gasteiger partial charge in [-0.1, -0.05) is 11.3 Å². The SMILES string of the molecule is NNc1nccc(Sc2nncs2)n1. The summed E-state index contributed by atoms with van der Waals surface area (Å²) in [5.74, 6) is 5.57. The third-order valence-corrected chi connectivity index (χ3v) is 3.01. The summed E-state index contributed by atoms with van der Waals surface area (Å²) in [5, 5.41) is 8.39. The van der Waals surface area contributed by atoms with E-state index in [2.05, 4.69) is 25.6 Å². The van der Waals surface area contributed by atoms with Crippen LogP contribution in [0.15, 0.2) is 27.1 Å². The van der Waals surface area contributed by atoms with Crippen molar-refractivity contribution in [1.82, 2.24) is 20.2 Å². The van der Waals surface area contributed by atoms with Crippen molar-refractivity contribution in [2.45, 2.75) is 9.37 Å². The van der Waals surface area contributed by atoms with Gasteiger partial charge in [0.1, 0.15) is 10.5 Å². The van der Waals surface area contributed by atoms with E-state index < -0.39 is 0 Å². The zero-order chi connectivity index (χ0) is 9.80. The molecule has 0 amide bonds. The quantitative estimate of drug-likeness (QED) is 0.453. The minimum Gasteiger partial charge on any atom is -0.292 e. The zero-order valence-electron chi connectivity index (χ0n) is 6.91. The maximum atomic E-state index is 5.18. The fourth-order valence-electron chi connectivity index (χ4n) is 0.765. The van der Waals surface area contributed by atoms with Crippen molar-refractivity contribution in [2.75, 3.05) is 5.43 Å². The van der Waals surface area contributed by atoms with Crippen LogP contribution in [0.1, 0.15) is 0 Å². The van der Waals surface area contributed by atoms with Crippen molar-refractivity contribution in [1.29, 1.82) is 0 Å². The zero-order valence-corrected chi connectivity index (χ0v) is 8.55. The third kappa shape index (κ3) is 2.16. The molecule has 0 fully saturated rings. The highest BCUT2D eigenvalue weighted by Gasteiger charge is 2.02. The lowest BCUT2D eigenvalue weighted by atomic mass is 10.7. The van der Waals surface area contributed by atoms with Gasteiger partial charge in [0, 0.05) is 6.20 Å². The highest BCUT2D eigenvalue weighted by molar-refractivity contribution is 8.00. The number of nitrogen functional groups attached to an aromatic ring is 1. The Hall–Kier alpha value is -1.25. The van der Waals surface area contributed by atoms with Crippen LogP contribution < -0.4 is 11.3 Å². The molecule has 0 aromatic carbocycles. The van der Waals surface area contributed by atoms with Gasteiger partial charge in [0.15, 0.2) is 4.34 Å². The van der Waals surface area contributed by atoms with Gasteiger partial charge in [-0.2, -0.15) is 0 Å². The van der Waals surface area contributed by atoms with E-state index in [1.807, 2.05) is 0 Å². The van der Waals surface area contributed by atoms with Crippen molar-refractivity contribution < 1.29 is 0 Å². The van der Waals surface area contributed by atoms with Crippen LogP contribution in [0.5, 0.6) is 0 Å². The summed E-state index contributed by atoms with van der Waals surface area (Å²) < 4.78 is 0.840. The summed E-state index contributed by atoms with van der Waals surface area (Å²) in [4.78, 5) is 8.01. The Morgan fingerprint density at radius 3 is 3.14 bits per heavy atom. The Morgan fingerprint density at radius 1 is 1.50 bits per heavy atom. The Labute approximate surface area is 88.0 Å². The summed E-state index contributed by atoms with van der Waals surface area (Å²) in [5.41, 5.74) is 4.05. The summed E-state index contributed by atoms with van der Waals surface area (Å²) in [7, 11) is 0. The molecule has 0 aliphatic rings. The molecule has 0 aliphatic heterocycles. The predicted octanol–water partition coefficient (Wildman–Crippen LogP) is 0.765. The van der Waals surface area contributed by atoms with Gasteiger partial charge in [-0.15, -0.1) is 10.2 Å². The van der Waals surface area contributed by atoms with E-state index in [4.69, 9.17) is 5.84 Å². The topological polar surface area (TPSA) is 89.6 Å². The average Bonchev–Trinajstić information content (AvgIpc) is 2.71. The van der Waals surface area contributed by atoms with Crippen molar-refractivity contribution >= 4 is 29.0 Å². The second-order valence-electron chi connectivity index (χ2n) is 2.17. The lowest BCUT2D eigenvalue weighted by Gasteiger charge is -1.99. The van der Waals surface area contributed by atoms with Crippen LogP contribution in [0.4, 0.5) is 5.95 Å². The van der Waals surface area contributed by atoms with Gasteiger partial charge in [-0.05, 0) is 17.8 Å². The number of aromatic nitrogens is 4. The van der Waals surface area contributed by atoms with Gasteiger partial charge >= 0.3 is 0 Å². The van der Waals surface area contributed by atoms with Crippen LogP contribution in [-0.4, -0.2) is 20.2 Å². The second-order valence-corrected chi connectivity index (χ2v) is 4.27. The van der Waals surface area contributed by atoms with Crippen molar-refractivity contribution in [3.63, 3.8) is 0 Å². The number of hydrazine groups is 1. The average molecular weight is 226 g/mol. The lowest BCUT2D eigenvalue weighted by Crippen LogP contribution is -2.10. The van der Waals surface area contributed by atoms with Gasteiger partial charge in [0.25, 0.3) is 0 Å². The molecule has 8 heteroatoms. The van der Waals surface area contributed by atoms with Crippen LogP contribution in [-0.2, 0) is 0 Å². The Morgan fingerprint density at radius 2 is 2.43 bits per heavy atom. The molecule has 0 bridgehead atoms. The fourth-order valence-corrected chi connectivity index (χ4v) is 2.15. The molecule has 0 spiro atoms. The molecule has 72 valence electrons. The molecule has 0 atom stereocenters. The monoisotopic (exact) mass is 226 g/mol. The van der Waals surface area contributed by atoms with Crippen LogP contribution in [0, 0.1) is 0 Å².